The molecule has 0 saturated heterocycles. The van der Waals surface area contributed by atoms with E-state index in [0.717, 1.165) is 22.0 Å². The third-order valence-electron chi connectivity index (χ3n) is 4.84. The molecule has 12 heteroatoms. The molecule has 3 aromatic rings. The zero-order valence-electron chi connectivity index (χ0n) is 18.3. The molecule has 3 rings (SSSR count). The summed E-state index contributed by atoms with van der Waals surface area (Å²) in [6, 6.07) is 18.3. The van der Waals surface area contributed by atoms with Crippen molar-refractivity contribution in [3.05, 3.63) is 98.5 Å². The lowest BCUT2D eigenvalue weighted by Crippen LogP contribution is -2.41. The van der Waals surface area contributed by atoms with Gasteiger partial charge in [0.05, 0.1) is 10.6 Å². The first-order chi connectivity index (χ1) is 16.7. The van der Waals surface area contributed by atoms with Crippen LogP contribution < -0.4 is 9.62 Å². The van der Waals surface area contributed by atoms with Gasteiger partial charge in [-0.1, -0.05) is 59.6 Å². The first-order valence-electron chi connectivity index (χ1n) is 10.3. The molecule has 0 aliphatic rings. The van der Waals surface area contributed by atoms with Gasteiger partial charge < -0.3 is 5.32 Å². The predicted octanol–water partition coefficient (Wildman–Crippen LogP) is 5.15. The molecule has 0 atom stereocenters. The number of nitrogens with zero attached hydrogens (tertiary/aromatic N) is 2. The fourth-order valence-corrected chi connectivity index (χ4v) is 6.32. The van der Waals surface area contributed by atoms with Crippen LogP contribution in [0.2, 0.25) is 10.0 Å². The molecule has 0 radical (unpaired) electrons. The van der Waals surface area contributed by atoms with Crippen LogP contribution in [0.1, 0.15) is 5.56 Å². The molecule has 0 unspecified atom stereocenters. The van der Waals surface area contributed by atoms with E-state index in [1.807, 2.05) is 0 Å². The molecule has 0 aromatic heterocycles. The van der Waals surface area contributed by atoms with Gasteiger partial charge >= 0.3 is 0 Å². The van der Waals surface area contributed by atoms with E-state index in [9.17, 15) is 23.3 Å². The fraction of sp³-hybridized carbons (Fsp3) is 0.174. The van der Waals surface area contributed by atoms with Crippen molar-refractivity contribution >= 4 is 62.3 Å². The number of hydrogen-bond acceptors (Lipinski definition) is 6. The molecule has 0 bridgehead atoms. The van der Waals surface area contributed by atoms with E-state index >= 15 is 0 Å². The molecule has 0 saturated carbocycles. The standard InChI is InChI=1S/C23H21Cl2N3O5S2/c24-19-9-6-10-20(25)18(19)16-34-14-13-26-23(29)15-27(17-7-2-1-3-8-17)35(32,33)22-12-5-4-11-21(22)28(30)31/h1-12H,13-16H2,(H,26,29). The Morgan fingerprint density at radius 2 is 1.60 bits per heavy atom. The van der Waals surface area contributed by atoms with Gasteiger partial charge in [0.2, 0.25) is 5.91 Å². The van der Waals surface area contributed by atoms with Gasteiger partial charge in [-0.15, -0.1) is 0 Å². The van der Waals surface area contributed by atoms with Crippen molar-refractivity contribution < 1.29 is 18.1 Å². The van der Waals surface area contributed by atoms with E-state index in [0.29, 0.717) is 21.6 Å². The Kier molecular flexibility index (Phi) is 9.39. The molecular weight excluding hydrogens is 533 g/mol. The van der Waals surface area contributed by atoms with Crippen LogP contribution in [-0.4, -0.2) is 38.1 Å². The molecule has 1 amide bonds. The Balaban J connectivity index is 1.69. The van der Waals surface area contributed by atoms with Crippen LogP contribution in [0.15, 0.2) is 77.7 Å². The summed E-state index contributed by atoms with van der Waals surface area (Å²) >= 11 is 13.8. The number of halogens is 2. The number of rotatable bonds is 11. The predicted molar refractivity (Wildman–Crippen MR) is 140 cm³/mol. The van der Waals surface area contributed by atoms with Gasteiger partial charge in [-0.05, 0) is 35.9 Å². The van der Waals surface area contributed by atoms with Crippen molar-refractivity contribution in [3.8, 4) is 0 Å². The van der Waals surface area contributed by atoms with Crippen molar-refractivity contribution in [2.75, 3.05) is 23.1 Å². The van der Waals surface area contributed by atoms with E-state index < -0.39 is 38.0 Å². The zero-order chi connectivity index (χ0) is 25.4. The molecule has 1 N–H and O–H groups in total. The Morgan fingerprint density at radius 1 is 0.971 bits per heavy atom. The maximum atomic E-state index is 13.4. The number of nitrogens with one attached hydrogen (secondary N) is 1. The average molecular weight is 554 g/mol. The summed E-state index contributed by atoms with van der Waals surface area (Å²) in [6.45, 7) is -0.265. The van der Waals surface area contributed by atoms with Crippen molar-refractivity contribution in [2.45, 2.75) is 10.6 Å². The third kappa shape index (κ3) is 6.88. The molecule has 0 fully saturated rings. The number of carbonyl (C=O) groups is 1. The SMILES string of the molecule is O=C(CN(c1ccccc1)S(=O)(=O)c1ccccc1[N+](=O)[O-])NCCSCc1c(Cl)cccc1Cl. The first kappa shape index (κ1) is 26.8. The molecule has 0 aliphatic carbocycles. The minimum absolute atomic E-state index is 0.212. The highest BCUT2D eigenvalue weighted by molar-refractivity contribution is 7.98. The van der Waals surface area contributed by atoms with Crippen LogP contribution in [0, 0.1) is 10.1 Å². The van der Waals surface area contributed by atoms with Crippen LogP contribution in [-0.2, 0) is 20.6 Å². The van der Waals surface area contributed by atoms with Gasteiger partial charge in [-0.3, -0.25) is 19.2 Å². The molecule has 0 aliphatic heterocycles. The van der Waals surface area contributed by atoms with Gasteiger partial charge in [0.1, 0.15) is 6.54 Å². The highest BCUT2D eigenvalue weighted by Gasteiger charge is 2.32. The Bertz CT molecular complexity index is 1290. The van der Waals surface area contributed by atoms with E-state index in [-0.39, 0.29) is 12.2 Å². The minimum atomic E-state index is -4.41. The summed E-state index contributed by atoms with van der Waals surface area (Å²) in [4.78, 5) is 22.8. The van der Waals surface area contributed by atoms with Crippen LogP contribution in [0.5, 0.6) is 0 Å². The van der Waals surface area contributed by atoms with E-state index in [2.05, 4.69) is 5.32 Å². The topological polar surface area (TPSA) is 110 Å². The van der Waals surface area contributed by atoms with Crippen molar-refractivity contribution in [1.82, 2.24) is 5.32 Å². The number of anilines is 1. The second-order valence-electron chi connectivity index (χ2n) is 7.17. The molecule has 8 nitrogen and oxygen atoms in total. The summed E-state index contributed by atoms with van der Waals surface area (Å²) in [5.41, 5.74) is 0.449. The summed E-state index contributed by atoms with van der Waals surface area (Å²) in [6.07, 6.45) is 0. The molecule has 35 heavy (non-hydrogen) atoms. The molecule has 0 heterocycles. The maximum Gasteiger partial charge on any atom is 0.289 e. The van der Waals surface area contributed by atoms with Gasteiger partial charge in [-0.2, -0.15) is 11.8 Å². The number of para-hydroxylation sites is 2. The Labute approximate surface area is 217 Å². The first-order valence-corrected chi connectivity index (χ1v) is 13.7. The van der Waals surface area contributed by atoms with Gasteiger partial charge in [0.25, 0.3) is 15.7 Å². The lowest BCUT2D eigenvalue weighted by molar-refractivity contribution is -0.387. The second kappa shape index (κ2) is 12.3. The lowest BCUT2D eigenvalue weighted by atomic mass is 10.2. The van der Waals surface area contributed by atoms with Crippen LogP contribution in [0.25, 0.3) is 0 Å². The van der Waals surface area contributed by atoms with Crippen molar-refractivity contribution in [2.24, 2.45) is 0 Å². The van der Waals surface area contributed by atoms with Crippen LogP contribution in [0.4, 0.5) is 11.4 Å². The lowest BCUT2D eigenvalue weighted by Gasteiger charge is -2.24. The van der Waals surface area contributed by atoms with Crippen molar-refractivity contribution in [3.63, 3.8) is 0 Å². The largest absolute Gasteiger partial charge is 0.354 e. The number of carbonyl (C=O) groups excluding carboxylic acids is 1. The van der Waals surface area contributed by atoms with E-state index in [4.69, 9.17) is 23.2 Å². The summed E-state index contributed by atoms with van der Waals surface area (Å²) < 4.78 is 27.7. The van der Waals surface area contributed by atoms with Crippen molar-refractivity contribution in [1.29, 1.82) is 0 Å². The smallest absolute Gasteiger partial charge is 0.289 e. The summed E-state index contributed by atoms with van der Waals surface area (Å²) in [5, 5.41) is 15.2. The fourth-order valence-electron chi connectivity index (χ4n) is 3.15. The number of benzene rings is 3. The van der Waals surface area contributed by atoms with Gasteiger partial charge in [-0.25, -0.2) is 8.42 Å². The minimum Gasteiger partial charge on any atom is -0.354 e. The quantitative estimate of drug-likeness (QED) is 0.200. The maximum absolute atomic E-state index is 13.4. The average Bonchev–Trinajstić information content (AvgIpc) is 2.84. The molecular formula is C23H21Cl2N3O5S2. The second-order valence-corrected chi connectivity index (χ2v) is 10.9. The number of thioether (sulfide) groups is 1. The van der Waals surface area contributed by atoms with E-state index in [1.165, 1.54) is 36.0 Å². The molecule has 0 spiro atoms. The van der Waals surface area contributed by atoms with Crippen LogP contribution >= 0.6 is 35.0 Å². The Hall–Kier alpha value is -2.79. The third-order valence-corrected chi connectivity index (χ3v) is 8.35. The van der Waals surface area contributed by atoms with E-state index in [1.54, 1.807) is 36.4 Å². The Morgan fingerprint density at radius 3 is 2.26 bits per heavy atom. The number of sulfonamides is 1. The molecule has 3 aromatic carbocycles. The zero-order valence-corrected chi connectivity index (χ0v) is 21.4. The highest BCUT2D eigenvalue weighted by atomic mass is 35.5. The number of amides is 1. The number of nitro benzene ring substituents is 1. The monoisotopic (exact) mass is 553 g/mol. The summed E-state index contributed by atoms with van der Waals surface area (Å²) in [5.74, 6) is 0.541. The summed E-state index contributed by atoms with van der Waals surface area (Å²) in [7, 11) is -4.41. The number of nitro groups is 1. The highest BCUT2D eigenvalue weighted by Crippen LogP contribution is 2.30. The van der Waals surface area contributed by atoms with Gasteiger partial charge in [0.15, 0.2) is 4.90 Å². The molecule has 184 valence electrons. The number of hydrogen-bond donors (Lipinski definition) is 1. The normalized spacial score (nSPS) is 11.1. The van der Waals surface area contributed by atoms with Gasteiger partial charge in [0, 0.05) is 34.2 Å². The van der Waals surface area contributed by atoms with Crippen LogP contribution in [0.3, 0.4) is 0 Å².